The number of hydrogen-bond donors (Lipinski definition) is 2. The van der Waals surface area contributed by atoms with Crippen molar-refractivity contribution in [3.63, 3.8) is 0 Å². The van der Waals surface area contributed by atoms with Gasteiger partial charge >= 0.3 is 0 Å². The van der Waals surface area contributed by atoms with E-state index in [1.54, 1.807) is 0 Å². The molecular weight excluding hydrogens is 411 g/mol. The van der Waals surface area contributed by atoms with E-state index in [1.165, 1.54) is 96.3 Å². The molecule has 0 aromatic rings. The van der Waals surface area contributed by atoms with Crippen LogP contribution < -0.4 is 21.3 Å². The van der Waals surface area contributed by atoms with Gasteiger partial charge in [0.15, 0.2) is 0 Å². The first-order valence-electron chi connectivity index (χ1n) is 13.1. The highest BCUT2D eigenvalue weighted by Gasteiger charge is 1.94. The van der Waals surface area contributed by atoms with Crippen LogP contribution in [0.5, 0.6) is 0 Å². The van der Waals surface area contributed by atoms with E-state index < -0.39 is 7.82 Å². The van der Waals surface area contributed by atoms with Crippen LogP contribution in [-0.4, -0.2) is 19.7 Å². The van der Waals surface area contributed by atoms with Crippen LogP contribution in [0.25, 0.3) is 0 Å². The average Bonchev–Trinajstić information content (AvgIpc) is 2.73. The third-order valence-corrected chi connectivity index (χ3v) is 5.45. The van der Waals surface area contributed by atoms with Crippen LogP contribution in [0.15, 0.2) is 0 Å². The summed E-state index contributed by atoms with van der Waals surface area (Å²) in [4.78, 5) is 20.3. The number of quaternary nitrogens is 2. The Kier molecular flexibility index (Phi) is 37.0. The summed E-state index contributed by atoms with van der Waals surface area (Å²) in [5, 5.41) is 0. The second-order valence-corrected chi connectivity index (χ2v) is 9.44. The largest absolute Gasteiger partial charge is 0.790 e. The summed E-state index contributed by atoms with van der Waals surface area (Å²) in [6, 6.07) is 0. The molecule has 0 rings (SSSR count). The number of unbranched alkanes of at least 4 members (excludes halogenated alkanes) is 15. The van der Waals surface area contributed by atoms with Gasteiger partial charge in [0.25, 0.3) is 0 Å². The van der Waals surface area contributed by atoms with Crippen LogP contribution in [0.3, 0.4) is 0 Å². The lowest BCUT2D eigenvalue weighted by Gasteiger charge is -2.28. The molecule has 0 aromatic heterocycles. The molecule has 0 saturated carbocycles. The zero-order valence-electron chi connectivity index (χ0n) is 21.3. The van der Waals surface area contributed by atoms with Crippen molar-refractivity contribution in [2.24, 2.45) is 0 Å². The Morgan fingerprint density at radius 3 is 1.13 bits per heavy atom. The van der Waals surface area contributed by atoms with E-state index in [0.29, 0.717) is 6.42 Å². The molecule has 0 unspecified atom stereocenters. The molecule has 0 atom stereocenters. The number of rotatable bonds is 20. The van der Waals surface area contributed by atoms with Crippen molar-refractivity contribution in [3.05, 3.63) is 0 Å². The van der Waals surface area contributed by atoms with Crippen molar-refractivity contribution < 1.29 is 30.3 Å². The molecule has 0 bridgehead atoms. The molecule has 0 aromatic carbocycles. The second-order valence-electron chi connectivity index (χ2n) is 8.29. The summed E-state index contributed by atoms with van der Waals surface area (Å²) >= 11 is 0. The second kappa shape index (κ2) is 32.2. The van der Waals surface area contributed by atoms with Gasteiger partial charge in [0.1, 0.15) is 0 Å². The number of phosphoric ester groups is 1. The van der Waals surface area contributed by atoms with Crippen LogP contribution in [0.1, 0.15) is 136 Å². The van der Waals surface area contributed by atoms with Gasteiger partial charge in [0.2, 0.25) is 0 Å². The number of phosphoric acid groups is 1. The molecule has 0 radical (unpaired) electrons. The first-order chi connectivity index (χ1) is 14.9. The van der Waals surface area contributed by atoms with Crippen molar-refractivity contribution in [3.8, 4) is 0 Å². The maximum absolute atomic E-state index is 10.1. The fourth-order valence-electron chi connectivity index (χ4n) is 2.97. The monoisotopic (exact) mass is 468 g/mol. The van der Waals surface area contributed by atoms with Gasteiger partial charge in [-0.3, -0.25) is 0 Å². The summed E-state index contributed by atoms with van der Waals surface area (Å²) in [5.74, 6) is 0. The molecule has 0 fully saturated rings. The molecule has 31 heavy (non-hydrogen) atoms. The fourth-order valence-corrected chi connectivity index (χ4v) is 3.33. The van der Waals surface area contributed by atoms with E-state index in [2.05, 4.69) is 36.8 Å². The molecule has 0 amide bonds. The first-order valence-corrected chi connectivity index (χ1v) is 14.6. The SMILES string of the molecule is CCCCCCCCCCCCOP(=O)([O-])[O-].CCCCCC[NH3+].CCCCCC[NH3+]. The molecule has 0 saturated heterocycles. The molecule has 0 aliphatic heterocycles. The van der Waals surface area contributed by atoms with Gasteiger partial charge in [-0.25, -0.2) is 0 Å². The average molecular weight is 469 g/mol. The van der Waals surface area contributed by atoms with E-state index in [9.17, 15) is 14.4 Å². The number of hydrogen-bond acceptors (Lipinski definition) is 4. The Morgan fingerprint density at radius 2 is 0.839 bits per heavy atom. The van der Waals surface area contributed by atoms with Crippen LogP contribution in [0.4, 0.5) is 0 Å². The van der Waals surface area contributed by atoms with Crippen molar-refractivity contribution in [2.45, 2.75) is 136 Å². The van der Waals surface area contributed by atoms with E-state index in [1.807, 2.05) is 0 Å². The molecular formula is C24H57N2O4P. The lowest BCUT2D eigenvalue weighted by molar-refractivity contribution is -0.368. The standard InChI is InChI=1S/C12H27O4P.2C6H15N/c1-2-3-4-5-6-7-8-9-10-11-12-16-17(13,14)15;2*1-2-3-4-5-6-7/h2-12H2,1H3,(H2,13,14,15);2*2-7H2,1H3. The molecule has 6 nitrogen and oxygen atoms in total. The van der Waals surface area contributed by atoms with Gasteiger partial charge in [-0.2, -0.15) is 0 Å². The Morgan fingerprint density at radius 1 is 0.548 bits per heavy atom. The quantitative estimate of drug-likeness (QED) is 0.203. The predicted octanol–water partition coefficient (Wildman–Crippen LogP) is 4.37. The van der Waals surface area contributed by atoms with Gasteiger partial charge in [0, 0.05) is 0 Å². The highest BCUT2D eigenvalue weighted by Crippen LogP contribution is 2.24. The summed E-state index contributed by atoms with van der Waals surface area (Å²) in [5.41, 5.74) is 7.51. The van der Waals surface area contributed by atoms with E-state index in [-0.39, 0.29) is 6.61 Å². The molecule has 6 N–H and O–H groups in total. The predicted molar refractivity (Wildman–Crippen MR) is 129 cm³/mol. The molecule has 0 aliphatic rings. The Hall–Kier alpha value is 0.0300. The van der Waals surface area contributed by atoms with Gasteiger partial charge in [-0.15, -0.1) is 0 Å². The van der Waals surface area contributed by atoms with Gasteiger partial charge in [0.05, 0.1) is 27.5 Å². The van der Waals surface area contributed by atoms with E-state index in [4.69, 9.17) is 0 Å². The topological polar surface area (TPSA) is 128 Å². The summed E-state index contributed by atoms with van der Waals surface area (Å²) in [6.07, 6.45) is 22.5. The minimum absolute atomic E-state index is 0.0424. The van der Waals surface area contributed by atoms with Gasteiger partial charge in [-0.1, -0.05) is 104 Å². The van der Waals surface area contributed by atoms with Crippen LogP contribution in [0, 0.1) is 0 Å². The van der Waals surface area contributed by atoms with Crippen molar-refractivity contribution in [1.82, 2.24) is 0 Å². The molecule has 7 heteroatoms. The lowest BCUT2D eigenvalue weighted by atomic mass is 10.1. The smallest absolute Gasteiger partial charge is 0.0739 e. The Balaban J connectivity index is -0.000000460. The Bertz CT molecular complexity index is 324. The fraction of sp³-hybridized carbons (Fsp3) is 1.00. The van der Waals surface area contributed by atoms with Crippen LogP contribution in [0.2, 0.25) is 0 Å². The lowest BCUT2D eigenvalue weighted by Crippen LogP contribution is -2.50. The highest BCUT2D eigenvalue weighted by atomic mass is 31.2. The van der Waals surface area contributed by atoms with Crippen molar-refractivity contribution in [2.75, 3.05) is 19.7 Å². The molecule has 0 heterocycles. The third kappa shape index (κ3) is 48.6. The van der Waals surface area contributed by atoms with Crippen LogP contribution in [-0.2, 0) is 9.09 Å². The maximum Gasteiger partial charge on any atom is 0.0739 e. The van der Waals surface area contributed by atoms with Gasteiger partial charge < -0.3 is 30.3 Å². The van der Waals surface area contributed by atoms with Crippen LogP contribution >= 0.6 is 7.82 Å². The van der Waals surface area contributed by atoms with Crippen molar-refractivity contribution in [1.29, 1.82) is 0 Å². The minimum Gasteiger partial charge on any atom is -0.790 e. The van der Waals surface area contributed by atoms with E-state index in [0.717, 1.165) is 25.9 Å². The third-order valence-electron chi connectivity index (χ3n) is 4.95. The maximum atomic E-state index is 10.1. The normalized spacial score (nSPS) is 10.8. The molecule has 192 valence electrons. The Labute approximate surface area is 194 Å². The zero-order chi connectivity index (χ0) is 24.1. The minimum atomic E-state index is -4.74. The summed E-state index contributed by atoms with van der Waals surface area (Å²) in [6.45, 7) is 8.93. The van der Waals surface area contributed by atoms with Gasteiger partial charge in [-0.05, 0) is 32.1 Å². The summed E-state index contributed by atoms with van der Waals surface area (Å²) in [7, 11) is -4.74. The van der Waals surface area contributed by atoms with Crippen molar-refractivity contribution >= 4 is 7.82 Å². The molecule has 0 aliphatic carbocycles. The highest BCUT2D eigenvalue weighted by molar-refractivity contribution is 7.43. The van der Waals surface area contributed by atoms with E-state index >= 15 is 0 Å². The zero-order valence-corrected chi connectivity index (χ0v) is 22.2. The summed E-state index contributed by atoms with van der Waals surface area (Å²) < 4.78 is 14.3. The first kappa shape index (κ1) is 35.6. The molecule has 0 spiro atoms.